The zero-order valence-corrected chi connectivity index (χ0v) is 15.6. The Morgan fingerprint density at radius 3 is 2.65 bits per heavy atom. The maximum Gasteiger partial charge on any atom is 0.223 e. The number of hydrogen-bond acceptors (Lipinski definition) is 3. The molecule has 1 fully saturated rings. The second kappa shape index (κ2) is 9.93. The summed E-state index contributed by atoms with van der Waals surface area (Å²) in [5.41, 5.74) is 0.961. The number of nitrogens with zero attached hydrogens (tertiary/aromatic N) is 1. The fraction of sp³-hybridized carbons (Fsp3) is 0.500. The third-order valence-corrected chi connectivity index (χ3v) is 3.79. The van der Waals surface area contributed by atoms with Gasteiger partial charge in [-0.1, -0.05) is 32.8 Å². The number of carbonyl (C=O) groups excluding carboxylic acids is 2. The van der Waals surface area contributed by atoms with Crippen molar-refractivity contribution in [1.82, 2.24) is 10.2 Å². The molecule has 0 radical (unpaired) electrons. The number of terminal acetylenes is 1. The van der Waals surface area contributed by atoms with Crippen molar-refractivity contribution in [1.29, 1.82) is 0 Å². The van der Waals surface area contributed by atoms with E-state index >= 15 is 0 Å². The zero-order valence-electron chi connectivity index (χ0n) is 15.6. The van der Waals surface area contributed by atoms with Gasteiger partial charge in [0.15, 0.2) is 0 Å². The quantitative estimate of drug-likeness (QED) is 0.636. The van der Waals surface area contributed by atoms with Crippen LogP contribution in [0.1, 0.15) is 44.7 Å². The smallest absolute Gasteiger partial charge is 0.223 e. The summed E-state index contributed by atoms with van der Waals surface area (Å²) in [6.07, 6.45) is 6.60. The Morgan fingerprint density at radius 1 is 1.50 bits per heavy atom. The van der Waals surface area contributed by atoms with E-state index in [4.69, 9.17) is 6.42 Å². The highest BCUT2D eigenvalue weighted by atomic mass is 19.1. The lowest BCUT2D eigenvalue weighted by Crippen LogP contribution is -2.32. The van der Waals surface area contributed by atoms with E-state index < -0.39 is 5.82 Å². The van der Waals surface area contributed by atoms with E-state index in [9.17, 15) is 19.1 Å². The van der Waals surface area contributed by atoms with Crippen LogP contribution in [0.2, 0.25) is 0 Å². The van der Waals surface area contributed by atoms with Crippen molar-refractivity contribution < 1.29 is 19.1 Å². The summed E-state index contributed by atoms with van der Waals surface area (Å²) >= 11 is 0. The molecular formula is C20H27FN2O3. The first-order valence-corrected chi connectivity index (χ1v) is 8.54. The number of hydrogen-bond donors (Lipinski definition) is 2. The van der Waals surface area contributed by atoms with Crippen LogP contribution in [0.4, 0.5) is 4.39 Å². The number of amides is 2. The summed E-state index contributed by atoms with van der Waals surface area (Å²) in [6.45, 7) is 7.58. The highest BCUT2D eigenvalue weighted by Crippen LogP contribution is 2.21. The molecule has 26 heavy (non-hydrogen) atoms. The summed E-state index contributed by atoms with van der Waals surface area (Å²) in [5, 5.41) is 11.6. The molecule has 0 bridgehead atoms. The first-order valence-electron chi connectivity index (χ1n) is 8.54. The number of benzene rings is 1. The second-order valence-corrected chi connectivity index (χ2v) is 7.47. The van der Waals surface area contributed by atoms with Gasteiger partial charge in [-0.3, -0.25) is 9.59 Å². The topological polar surface area (TPSA) is 69.6 Å². The molecule has 1 unspecified atom stereocenters. The molecule has 2 rings (SSSR count). The van der Waals surface area contributed by atoms with Crippen molar-refractivity contribution in [3.8, 4) is 12.3 Å². The highest BCUT2D eigenvalue weighted by molar-refractivity contribution is 5.77. The zero-order chi connectivity index (χ0) is 19.7. The van der Waals surface area contributed by atoms with Crippen LogP contribution in [0.3, 0.4) is 0 Å². The molecule has 5 nitrogen and oxygen atoms in total. The lowest BCUT2D eigenvalue weighted by atomic mass is 9.92. The minimum Gasteiger partial charge on any atom is -0.391 e. The predicted octanol–water partition coefficient (Wildman–Crippen LogP) is 2.07. The molecule has 0 spiro atoms. The lowest BCUT2D eigenvalue weighted by Gasteiger charge is -2.22. The normalized spacial score (nSPS) is 16.3. The number of halogens is 1. The Bertz CT molecular complexity index is 662. The first kappa shape index (κ1) is 21.7. The van der Waals surface area contributed by atoms with Crippen LogP contribution < -0.4 is 5.32 Å². The van der Waals surface area contributed by atoms with E-state index in [1.165, 1.54) is 6.07 Å². The average Bonchev–Trinajstić information content (AvgIpc) is 2.99. The molecule has 1 heterocycles. The van der Waals surface area contributed by atoms with E-state index in [0.717, 1.165) is 13.0 Å². The number of aliphatic hydroxyl groups excluding tert-OH is 1. The molecule has 1 aromatic rings. The molecule has 142 valence electrons. The number of β-amino-alcohol motifs (C(OH)–C–C–N with tert-alkyl or cyclic N) is 1. The molecule has 1 saturated heterocycles. The molecule has 1 aliphatic heterocycles. The minimum absolute atomic E-state index is 0.0463. The number of nitrogens with one attached hydrogen (secondary N) is 1. The SMILES string of the molecule is C#Cc1ccc(CNC=O)c(F)c1.CC(C)(C)CC(=O)N1CCC(O)C1. The van der Waals surface area contributed by atoms with E-state index in [0.29, 0.717) is 30.5 Å². The fourth-order valence-corrected chi connectivity index (χ4v) is 2.47. The van der Waals surface area contributed by atoms with Crippen LogP contribution in [-0.2, 0) is 16.1 Å². The van der Waals surface area contributed by atoms with Crippen molar-refractivity contribution >= 4 is 12.3 Å². The molecular weight excluding hydrogens is 335 g/mol. The Labute approximate surface area is 154 Å². The minimum atomic E-state index is -0.398. The molecule has 2 amide bonds. The average molecular weight is 362 g/mol. The van der Waals surface area contributed by atoms with Crippen LogP contribution in [0, 0.1) is 23.6 Å². The van der Waals surface area contributed by atoms with Crippen LogP contribution in [0.15, 0.2) is 18.2 Å². The third kappa shape index (κ3) is 7.66. The molecule has 6 heteroatoms. The first-order chi connectivity index (χ1) is 12.2. The summed E-state index contributed by atoms with van der Waals surface area (Å²) in [7, 11) is 0. The van der Waals surface area contributed by atoms with Gasteiger partial charge in [0.25, 0.3) is 0 Å². The Kier molecular flexibility index (Phi) is 8.27. The molecule has 0 saturated carbocycles. The fourth-order valence-electron chi connectivity index (χ4n) is 2.47. The summed E-state index contributed by atoms with van der Waals surface area (Å²) in [4.78, 5) is 23.3. The van der Waals surface area contributed by atoms with Gasteiger partial charge in [0.05, 0.1) is 6.10 Å². The maximum absolute atomic E-state index is 13.1. The summed E-state index contributed by atoms with van der Waals surface area (Å²) in [5.74, 6) is 2.09. The van der Waals surface area contributed by atoms with Crippen molar-refractivity contribution in [2.45, 2.75) is 46.3 Å². The molecule has 1 aromatic carbocycles. The van der Waals surface area contributed by atoms with Crippen LogP contribution in [-0.4, -0.2) is 41.5 Å². The second-order valence-electron chi connectivity index (χ2n) is 7.47. The summed E-state index contributed by atoms with van der Waals surface area (Å²) in [6, 6.07) is 4.45. The Morgan fingerprint density at radius 2 is 2.19 bits per heavy atom. The van der Waals surface area contributed by atoms with Gasteiger partial charge >= 0.3 is 0 Å². The number of likely N-dealkylation sites (tertiary alicyclic amines) is 1. The van der Waals surface area contributed by atoms with Gasteiger partial charge in [0.2, 0.25) is 12.3 Å². The largest absolute Gasteiger partial charge is 0.391 e. The lowest BCUT2D eigenvalue weighted by molar-refractivity contribution is -0.132. The molecule has 2 N–H and O–H groups in total. The van der Waals surface area contributed by atoms with Gasteiger partial charge in [-0.15, -0.1) is 6.42 Å². The van der Waals surface area contributed by atoms with Gasteiger partial charge in [0.1, 0.15) is 5.82 Å². The predicted molar refractivity (Wildman–Crippen MR) is 98.5 cm³/mol. The van der Waals surface area contributed by atoms with Crippen molar-refractivity contribution in [3.05, 3.63) is 35.1 Å². The summed E-state index contributed by atoms with van der Waals surface area (Å²) < 4.78 is 13.1. The van der Waals surface area contributed by atoms with Crippen LogP contribution in [0.5, 0.6) is 0 Å². The van der Waals surface area contributed by atoms with E-state index in [1.54, 1.807) is 17.0 Å². The molecule has 1 aliphatic rings. The van der Waals surface area contributed by atoms with Crippen molar-refractivity contribution in [3.63, 3.8) is 0 Å². The van der Waals surface area contributed by atoms with Crippen LogP contribution in [0.25, 0.3) is 0 Å². The Hall–Kier alpha value is -2.39. The highest BCUT2D eigenvalue weighted by Gasteiger charge is 2.27. The van der Waals surface area contributed by atoms with Gasteiger partial charge in [-0.25, -0.2) is 4.39 Å². The van der Waals surface area contributed by atoms with Crippen molar-refractivity contribution in [2.24, 2.45) is 5.41 Å². The molecule has 0 aromatic heterocycles. The Balaban J connectivity index is 0.000000260. The number of aliphatic hydroxyl groups is 1. The van der Waals surface area contributed by atoms with Gasteiger partial charge in [-0.05, 0) is 24.0 Å². The van der Waals surface area contributed by atoms with Gasteiger partial charge in [-0.2, -0.15) is 0 Å². The van der Waals surface area contributed by atoms with Gasteiger partial charge in [0, 0.05) is 37.2 Å². The van der Waals surface area contributed by atoms with Gasteiger partial charge < -0.3 is 15.3 Å². The standard InChI is InChI=1S/C10H8FNO.C10H19NO2/c1-2-8-3-4-9(6-12-7-13)10(11)5-8;1-10(2,3)6-9(13)11-5-4-8(12)7-11/h1,3-5,7H,6H2,(H,12,13);8,12H,4-7H2,1-3H3. The monoisotopic (exact) mass is 362 g/mol. The third-order valence-electron chi connectivity index (χ3n) is 3.79. The molecule has 0 aliphatic carbocycles. The van der Waals surface area contributed by atoms with Crippen molar-refractivity contribution in [2.75, 3.05) is 13.1 Å². The number of carbonyl (C=O) groups is 2. The van der Waals surface area contributed by atoms with E-state index in [2.05, 4.69) is 32.0 Å². The van der Waals surface area contributed by atoms with E-state index in [1.807, 2.05) is 0 Å². The van der Waals surface area contributed by atoms with Crippen LogP contribution >= 0.6 is 0 Å². The maximum atomic E-state index is 13.1. The molecule has 1 atom stereocenters. The van der Waals surface area contributed by atoms with E-state index in [-0.39, 0.29) is 24.0 Å². The number of rotatable bonds is 4.